The summed E-state index contributed by atoms with van der Waals surface area (Å²) in [6, 6.07) is 9.78. The number of benzene rings is 1. The third-order valence-electron chi connectivity index (χ3n) is 2.28. The van der Waals surface area contributed by atoms with Crippen LogP contribution in [-0.4, -0.2) is 9.78 Å². The zero-order chi connectivity index (χ0) is 10.8. The van der Waals surface area contributed by atoms with Crippen molar-refractivity contribution < 1.29 is 0 Å². The van der Waals surface area contributed by atoms with Gasteiger partial charge in [-0.2, -0.15) is 0 Å². The minimum Gasteiger partial charge on any atom is -0.294 e. The van der Waals surface area contributed by atoms with Gasteiger partial charge in [-0.3, -0.25) is 14.6 Å². The molecule has 0 radical (unpaired) electrons. The Balaban J connectivity index is 2.60. The van der Waals surface area contributed by atoms with Crippen LogP contribution in [0.1, 0.15) is 6.92 Å². The van der Waals surface area contributed by atoms with E-state index in [4.69, 9.17) is 0 Å². The van der Waals surface area contributed by atoms with E-state index >= 15 is 0 Å². The summed E-state index contributed by atoms with van der Waals surface area (Å²) in [5.74, 6) is 0. The standard InChI is InChI=1S/C11H11BrN2O/c1-2-14-11(15)9(12)10(13-14)8-6-4-3-5-7-8/h3-7,13H,2H2,1H3. The maximum Gasteiger partial charge on any atom is 0.281 e. The lowest BCUT2D eigenvalue weighted by molar-refractivity contribution is 0.639. The topological polar surface area (TPSA) is 37.8 Å². The number of rotatable bonds is 2. The summed E-state index contributed by atoms with van der Waals surface area (Å²) in [5.41, 5.74) is 1.83. The molecule has 15 heavy (non-hydrogen) atoms. The molecule has 78 valence electrons. The molecule has 0 unspecified atom stereocenters. The Morgan fingerprint density at radius 2 is 2.00 bits per heavy atom. The molecule has 1 aromatic carbocycles. The van der Waals surface area contributed by atoms with Gasteiger partial charge in [0.1, 0.15) is 4.47 Å². The van der Waals surface area contributed by atoms with Crippen molar-refractivity contribution in [2.24, 2.45) is 0 Å². The molecule has 0 saturated carbocycles. The molecule has 0 bridgehead atoms. The monoisotopic (exact) mass is 266 g/mol. The molecule has 0 fully saturated rings. The molecule has 0 spiro atoms. The van der Waals surface area contributed by atoms with E-state index in [1.807, 2.05) is 37.3 Å². The van der Waals surface area contributed by atoms with Gasteiger partial charge >= 0.3 is 0 Å². The molecule has 1 heterocycles. The Bertz CT molecular complexity index is 513. The largest absolute Gasteiger partial charge is 0.294 e. The Kier molecular flexibility index (Phi) is 2.77. The molecule has 3 nitrogen and oxygen atoms in total. The van der Waals surface area contributed by atoms with Crippen LogP contribution in [0.2, 0.25) is 0 Å². The summed E-state index contributed by atoms with van der Waals surface area (Å²) in [7, 11) is 0. The van der Waals surface area contributed by atoms with Crippen molar-refractivity contribution in [3.8, 4) is 11.3 Å². The summed E-state index contributed by atoms with van der Waals surface area (Å²) >= 11 is 3.31. The fourth-order valence-corrected chi connectivity index (χ4v) is 2.01. The number of hydrogen-bond acceptors (Lipinski definition) is 1. The van der Waals surface area contributed by atoms with Gasteiger partial charge in [-0.25, -0.2) is 0 Å². The second-order valence-electron chi connectivity index (χ2n) is 3.22. The predicted molar refractivity (Wildman–Crippen MR) is 63.9 cm³/mol. The fourth-order valence-electron chi connectivity index (χ4n) is 1.48. The van der Waals surface area contributed by atoms with Crippen LogP contribution in [0.4, 0.5) is 0 Å². The summed E-state index contributed by atoms with van der Waals surface area (Å²) in [5, 5.41) is 3.07. The number of hydrogen-bond donors (Lipinski definition) is 1. The van der Waals surface area contributed by atoms with Crippen LogP contribution < -0.4 is 5.56 Å². The van der Waals surface area contributed by atoms with E-state index in [0.717, 1.165) is 11.3 Å². The van der Waals surface area contributed by atoms with Gasteiger partial charge in [0.05, 0.1) is 5.69 Å². The van der Waals surface area contributed by atoms with Crippen LogP contribution in [0, 0.1) is 0 Å². The van der Waals surface area contributed by atoms with Gasteiger partial charge in [0.15, 0.2) is 0 Å². The molecule has 0 saturated heterocycles. The second kappa shape index (κ2) is 4.06. The predicted octanol–water partition coefficient (Wildman–Crippen LogP) is 2.63. The molecule has 4 heteroatoms. The fraction of sp³-hybridized carbons (Fsp3) is 0.182. The third-order valence-corrected chi connectivity index (χ3v) is 3.01. The molecular weight excluding hydrogens is 256 g/mol. The highest BCUT2D eigenvalue weighted by Crippen LogP contribution is 2.22. The number of aromatic amines is 1. The van der Waals surface area contributed by atoms with Gasteiger partial charge < -0.3 is 0 Å². The van der Waals surface area contributed by atoms with Crippen LogP contribution in [0.3, 0.4) is 0 Å². The summed E-state index contributed by atoms with van der Waals surface area (Å²) in [4.78, 5) is 11.7. The van der Waals surface area contributed by atoms with Crippen molar-refractivity contribution in [1.29, 1.82) is 0 Å². The van der Waals surface area contributed by atoms with E-state index in [0.29, 0.717) is 11.0 Å². The second-order valence-corrected chi connectivity index (χ2v) is 4.01. The van der Waals surface area contributed by atoms with Crippen LogP contribution in [0.15, 0.2) is 39.6 Å². The highest BCUT2D eigenvalue weighted by Gasteiger charge is 2.11. The molecule has 1 aromatic heterocycles. The van der Waals surface area contributed by atoms with Gasteiger partial charge in [-0.05, 0) is 22.9 Å². The third kappa shape index (κ3) is 1.77. The van der Waals surface area contributed by atoms with Crippen molar-refractivity contribution in [3.05, 3.63) is 45.2 Å². The van der Waals surface area contributed by atoms with Crippen LogP contribution >= 0.6 is 15.9 Å². The molecule has 0 aliphatic carbocycles. The highest BCUT2D eigenvalue weighted by molar-refractivity contribution is 9.10. The summed E-state index contributed by atoms with van der Waals surface area (Å²) in [6.45, 7) is 2.57. The van der Waals surface area contributed by atoms with E-state index in [-0.39, 0.29) is 5.56 Å². The maximum absolute atomic E-state index is 11.7. The zero-order valence-electron chi connectivity index (χ0n) is 8.33. The lowest BCUT2D eigenvalue weighted by Crippen LogP contribution is -2.15. The lowest BCUT2D eigenvalue weighted by atomic mass is 10.2. The Morgan fingerprint density at radius 3 is 2.53 bits per heavy atom. The molecule has 0 atom stereocenters. The normalized spacial score (nSPS) is 10.5. The lowest BCUT2D eigenvalue weighted by Gasteiger charge is -1.98. The quantitative estimate of drug-likeness (QED) is 0.892. The summed E-state index contributed by atoms with van der Waals surface area (Å²) < 4.78 is 2.17. The van der Waals surface area contributed by atoms with Gasteiger partial charge in [0.25, 0.3) is 5.56 Å². The van der Waals surface area contributed by atoms with E-state index in [9.17, 15) is 4.79 Å². The van der Waals surface area contributed by atoms with Crippen LogP contribution in [0.5, 0.6) is 0 Å². The molecular formula is C11H11BrN2O. The molecule has 1 N–H and O–H groups in total. The Hall–Kier alpha value is -1.29. The number of nitrogens with one attached hydrogen (secondary N) is 1. The smallest absolute Gasteiger partial charge is 0.281 e. The number of aromatic nitrogens is 2. The average molecular weight is 267 g/mol. The van der Waals surface area contributed by atoms with Gasteiger partial charge in [0, 0.05) is 12.1 Å². The van der Waals surface area contributed by atoms with Gasteiger partial charge in [-0.1, -0.05) is 30.3 Å². The molecule has 0 amide bonds. The summed E-state index contributed by atoms with van der Waals surface area (Å²) in [6.07, 6.45) is 0. The number of halogens is 1. The molecule has 2 aromatic rings. The first-order chi connectivity index (χ1) is 7.24. The van der Waals surface area contributed by atoms with Crippen LogP contribution in [-0.2, 0) is 6.54 Å². The highest BCUT2D eigenvalue weighted by atomic mass is 79.9. The zero-order valence-corrected chi connectivity index (χ0v) is 9.91. The Morgan fingerprint density at radius 1 is 1.33 bits per heavy atom. The van der Waals surface area contributed by atoms with Crippen molar-refractivity contribution in [1.82, 2.24) is 9.78 Å². The minimum atomic E-state index is -0.0173. The van der Waals surface area contributed by atoms with Crippen LogP contribution in [0.25, 0.3) is 11.3 Å². The molecule has 0 aliphatic heterocycles. The van der Waals surface area contributed by atoms with Gasteiger partial charge in [-0.15, -0.1) is 0 Å². The van der Waals surface area contributed by atoms with E-state index in [1.54, 1.807) is 4.68 Å². The van der Waals surface area contributed by atoms with Crippen molar-refractivity contribution in [2.75, 3.05) is 0 Å². The van der Waals surface area contributed by atoms with E-state index in [1.165, 1.54) is 0 Å². The number of H-pyrrole nitrogens is 1. The Labute approximate surface area is 95.9 Å². The molecule has 0 aliphatic rings. The maximum atomic E-state index is 11.7. The first-order valence-electron chi connectivity index (χ1n) is 4.77. The van der Waals surface area contributed by atoms with E-state index in [2.05, 4.69) is 21.0 Å². The van der Waals surface area contributed by atoms with Crippen molar-refractivity contribution in [3.63, 3.8) is 0 Å². The van der Waals surface area contributed by atoms with Crippen molar-refractivity contribution >= 4 is 15.9 Å². The first kappa shape index (κ1) is 10.2. The molecule has 2 rings (SSSR count). The first-order valence-corrected chi connectivity index (χ1v) is 5.57. The number of nitrogens with zero attached hydrogens (tertiary/aromatic N) is 1. The average Bonchev–Trinajstić information content (AvgIpc) is 2.57. The minimum absolute atomic E-state index is 0.0173. The van der Waals surface area contributed by atoms with Gasteiger partial charge in [0.2, 0.25) is 0 Å². The van der Waals surface area contributed by atoms with Crippen molar-refractivity contribution in [2.45, 2.75) is 13.5 Å². The number of aryl methyl sites for hydroxylation is 1. The van der Waals surface area contributed by atoms with E-state index < -0.39 is 0 Å². The SMILES string of the molecule is CCn1[nH]c(-c2ccccc2)c(Br)c1=O.